The normalized spacial score (nSPS) is 15.9. The molecular formula is C11H13N3O4S. The third kappa shape index (κ3) is 3.09. The molecule has 0 aromatic heterocycles. The van der Waals surface area contributed by atoms with Gasteiger partial charge in [-0.25, -0.2) is 13.6 Å². The van der Waals surface area contributed by atoms with Gasteiger partial charge in [-0.2, -0.15) is 0 Å². The molecule has 8 heteroatoms. The van der Waals surface area contributed by atoms with Crippen LogP contribution in [0.2, 0.25) is 0 Å². The first-order valence-electron chi connectivity index (χ1n) is 5.58. The number of imide groups is 1. The number of carbonyl (C=O) groups excluding carboxylic acids is 2. The standard InChI is InChI=1S/C11H13N3O4S/c12-19(17,18)9-3-1-8(2-4-9)13-7-14-10(15)5-6-11(14)16/h1-4,13H,5-7H2,(H2,12,17,18). The van der Waals surface area contributed by atoms with Crippen LogP contribution >= 0.6 is 0 Å². The fourth-order valence-electron chi connectivity index (χ4n) is 1.73. The van der Waals surface area contributed by atoms with Crippen molar-refractivity contribution in [3.8, 4) is 0 Å². The number of nitrogens with two attached hydrogens (primary N) is 1. The lowest BCUT2D eigenvalue weighted by Gasteiger charge is -2.15. The van der Waals surface area contributed by atoms with Crippen molar-refractivity contribution in [2.75, 3.05) is 12.0 Å². The highest BCUT2D eigenvalue weighted by Gasteiger charge is 2.28. The number of hydrogen-bond donors (Lipinski definition) is 2. The number of hydrogen-bond acceptors (Lipinski definition) is 5. The molecule has 7 nitrogen and oxygen atoms in total. The molecule has 0 aliphatic carbocycles. The van der Waals surface area contributed by atoms with E-state index in [4.69, 9.17) is 5.14 Å². The zero-order valence-electron chi connectivity index (χ0n) is 10.00. The number of likely N-dealkylation sites (tertiary alicyclic amines) is 1. The van der Waals surface area contributed by atoms with Crippen LogP contribution in [0.1, 0.15) is 12.8 Å². The number of primary sulfonamides is 1. The predicted octanol–water partition coefficient (Wildman–Crippen LogP) is -0.148. The maximum Gasteiger partial charge on any atom is 0.238 e. The van der Waals surface area contributed by atoms with E-state index in [0.717, 1.165) is 4.90 Å². The molecule has 1 heterocycles. The lowest BCUT2D eigenvalue weighted by Crippen LogP contribution is -2.33. The summed E-state index contributed by atoms with van der Waals surface area (Å²) in [7, 11) is -3.71. The lowest BCUT2D eigenvalue weighted by molar-refractivity contribution is -0.137. The van der Waals surface area contributed by atoms with Gasteiger partial charge in [0.05, 0.1) is 11.6 Å². The monoisotopic (exact) mass is 283 g/mol. The van der Waals surface area contributed by atoms with Gasteiger partial charge in [-0.05, 0) is 24.3 Å². The number of nitrogens with zero attached hydrogens (tertiary/aromatic N) is 1. The quantitative estimate of drug-likeness (QED) is 0.747. The van der Waals surface area contributed by atoms with Crippen LogP contribution in [0, 0.1) is 0 Å². The fraction of sp³-hybridized carbons (Fsp3) is 0.273. The van der Waals surface area contributed by atoms with E-state index in [1.54, 1.807) is 0 Å². The molecular weight excluding hydrogens is 270 g/mol. The third-order valence-corrected chi connectivity index (χ3v) is 3.71. The molecule has 0 spiro atoms. The minimum absolute atomic E-state index is 0.00590. The van der Waals surface area contributed by atoms with E-state index in [1.165, 1.54) is 24.3 Å². The van der Waals surface area contributed by atoms with E-state index in [0.29, 0.717) is 5.69 Å². The van der Waals surface area contributed by atoms with Gasteiger partial charge in [0.1, 0.15) is 0 Å². The number of sulfonamides is 1. The van der Waals surface area contributed by atoms with Gasteiger partial charge in [0.2, 0.25) is 21.8 Å². The van der Waals surface area contributed by atoms with Crippen molar-refractivity contribution in [1.29, 1.82) is 0 Å². The SMILES string of the molecule is NS(=O)(=O)c1ccc(NCN2C(=O)CCC2=O)cc1. The average molecular weight is 283 g/mol. The molecule has 0 bridgehead atoms. The molecule has 2 amide bonds. The zero-order valence-corrected chi connectivity index (χ0v) is 10.8. The van der Waals surface area contributed by atoms with Crippen LogP contribution < -0.4 is 10.5 Å². The minimum atomic E-state index is -3.71. The Bertz CT molecular complexity index is 593. The molecule has 102 valence electrons. The second kappa shape index (κ2) is 4.98. The summed E-state index contributed by atoms with van der Waals surface area (Å²) in [5, 5.41) is 7.85. The van der Waals surface area contributed by atoms with Gasteiger partial charge in [-0.15, -0.1) is 0 Å². The summed E-state index contributed by atoms with van der Waals surface area (Å²) in [5.41, 5.74) is 0.597. The number of benzene rings is 1. The van der Waals surface area contributed by atoms with E-state index in [-0.39, 0.29) is 36.2 Å². The highest BCUT2D eigenvalue weighted by Crippen LogP contribution is 2.15. The molecule has 1 aliphatic heterocycles. The van der Waals surface area contributed by atoms with E-state index >= 15 is 0 Å². The highest BCUT2D eigenvalue weighted by molar-refractivity contribution is 7.89. The molecule has 1 saturated heterocycles. The summed E-state index contributed by atoms with van der Waals surface area (Å²) in [6.07, 6.45) is 0.482. The Balaban J connectivity index is 2.01. The van der Waals surface area contributed by atoms with Crippen molar-refractivity contribution in [1.82, 2.24) is 4.90 Å². The lowest BCUT2D eigenvalue weighted by atomic mass is 10.3. The zero-order chi connectivity index (χ0) is 14.0. The summed E-state index contributed by atoms with van der Waals surface area (Å²) in [4.78, 5) is 23.9. The maximum atomic E-state index is 11.4. The van der Waals surface area contributed by atoms with Crippen molar-refractivity contribution in [2.45, 2.75) is 17.7 Å². The van der Waals surface area contributed by atoms with Crippen LogP contribution in [-0.4, -0.2) is 31.8 Å². The molecule has 1 aromatic rings. The van der Waals surface area contributed by atoms with Crippen LogP contribution in [0.25, 0.3) is 0 Å². The van der Waals surface area contributed by atoms with Crippen LogP contribution in [0.3, 0.4) is 0 Å². The van der Waals surface area contributed by atoms with Crippen LogP contribution in [0.15, 0.2) is 29.2 Å². The molecule has 2 rings (SSSR count). The van der Waals surface area contributed by atoms with Gasteiger partial charge in [0.15, 0.2) is 0 Å². The second-order valence-corrected chi connectivity index (χ2v) is 5.68. The van der Waals surface area contributed by atoms with Crippen molar-refractivity contribution in [3.63, 3.8) is 0 Å². The van der Waals surface area contributed by atoms with Crippen molar-refractivity contribution >= 4 is 27.5 Å². The predicted molar refractivity (Wildman–Crippen MR) is 67.4 cm³/mol. The Kier molecular flexibility index (Phi) is 3.54. The molecule has 1 aromatic carbocycles. The number of rotatable bonds is 4. The Labute approximate surface area is 110 Å². The second-order valence-electron chi connectivity index (χ2n) is 4.12. The third-order valence-electron chi connectivity index (χ3n) is 2.78. The smallest absolute Gasteiger partial charge is 0.238 e. The van der Waals surface area contributed by atoms with Gasteiger partial charge >= 0.3 is 0 Å². The molecule has 19 heavy (non-hydrogen) atoms. The fourth-order valence-corrected chi connectivity index (χ4v) is 2.25. The van der Waals surface area contributed by atoms with Crippen molar-refractivity contribution < 1.29 is 18.0 Å². The Morgan fingerprint density at radius 3 is 2.11 bits per heavy atom. The van der Waals surface area contributed by atoms with E-state index < -0.39 is 10.0 Å². The minimum Gasteiger partial charge on any atom is -0.367 e. The molecule has 0 unspecified atom stereocenters. The van der Waals surface area contributed by atoms with Crippen LogP contribution in [0.5, 0.6) is 0 Å². The first-order chi connectivity index (χ1) is 8.88. The number of anilines is 1. The van der Waals surface area contributed by atoms with Crippen LogP contribution in [0.4, 0.5) is 5.69 Å². The van der Waals surface area contributed by atoms with Gasteiger partial charge in [0.25, 0.3) is 0 Å². The molecule has 0 atom stereocenters. The molecule has 1 fully saturated rings. The Morgan fingerprint density at radius 2 is 1.63 bits per heavy atom. The molecule has 0 saturated carbocycles. The van der Waals surface area contributed by atoms with Crippen LogP contribution in [-0.2, 0) is 19.6 Å². The van der Waals surface area contributed by atoms with Gasteiger partial charge < -0.3 is 5.32 Å². The first-order valence-corrected chi connectivity index (χ1v) is 7.12. The summed E-state index contributed by atoms with van der Waals surface area (Å²) in [5.74, 6) is -0.419. The summed E-state index contributed by atoms with van der Waals surface area (Å²) in [6, 6.07) is 5.74. The maximum absolute atomic E-state index is 11.4. The average Bonchev–Trinajstić information content (AvgIpc) is 2.66. The summed E-state index contributed by atoms with van der Waals surface area (Å²) >= 11 is 0. The molecule has 0 radical (unpaired) electrons. The molecule has 3 N–H and O–H groups in total. The first kappa shape index (κ1) is 13.5. The van der Waals surface area contributed by atoms with E-state index in [9.17, 15) is 18.0 Å². The topological polar surface area (TPSA) is 110 Å². The highest BCUT2D eigenvalue weighted by atomic mass is 32.2. The van der Waals surface area contributed by atoms with Crippen molar-refractivity contribution in [3.05, 3.63) is 24.3 Å². The number of nitrogens with one attached hydrogen (secondary N) is 1. The Hall–Kier alpha value is -1.93. The summed E-state index contributed by atoms with van der Waals surface area (Å²) in [6.45, 7) is 0.0758. The van der Waals surface area contributed by atoms with E-state index in [2.05, 4.69) is 5.32 Å². The van der Waals surface area contributed by atoms with Crippen molar-refractivity contribution in [2.24, 2.45) is 5.14 Å². The Morgan fingerprint density at radius 1 is 1.11 bits per heavy atom. The number of carbonyl (C=O) groups is 2. The largest absolute Gasteiger partial charge is 0.367 e. The number of amides is 2. The van der Waals surface area contributed by atoms with Gasteiger partial charge in [0, 0.05) is 18.5 Å². The summed E-state index contributed by atoms with van der Waals surface area (Å²) < 4.78 is 22.1. The van der Waals surface area contributed by atoms with Gasteiger partial charge in [-0.1, -0.05) is 0 Å². The van der Waals surface area contributed by atoms with E-state index in [1.807, 2.05) is 0 Å². The van der Waals surface area contributed by atoms with Gasteiger partial charge in [-0.3, -0.25) is 14.5 Å². The molecule has 1 aliphatic rings.